The molecule has 1 heterocycles. The largest absolute Gasteiger partial charge is 0.507 e. The van der Waals surface area contributed by atoms with E-state index in [2.05, 4.69) is 20.7 Å². The van der Waals surface area contributed by atoms with Crippen LogP contribution in [-0.4, -0.2) is 27.4 Å². The van der Waals surface area contributed by atoms with E-state index < -0.39 is 5.91 Å². The molecule has 8 heteroatoms. The van der Waals surface area contributed by atoms with Crippen LogP contribution in [0, 0.1) is 0 Å². The summed E-state index contributed by atoms with van der Waals surface area (Å²) >= 11 is 11.9. The molecule has 2 aromatic carbocycles. The first-order chi connectivity index (χ1) is 12.0. The normalized spacial score (nSPS) is 11.0. The predicted molar refractivity (Wildman–Crippen MR) is 97.2 cm³/mol. The fourth-order valence-corrected chi connectivity index (χ4v) is 2.63. The van der Waals surface area contributed by atoms with Crippen LogP contribution in [0.5, 0.6) is 5.75 Å². The number of carbonyl (C=O) groups excluding carboxylic acids is 1. The summed E-state index contributed by atoms with van der Waals surface area (Å²) in [5, 5.41) is 21.1. The van der Waals surface area contributed by atoms with Crippen molar-refractivity contribution in [3.8, 4) is 17.0 Å². The van der Waals surface area contributed by atoms with Gasteiger partial charge in [-0.25, -0.2) is 5.43 Å². The molecule has 3 N–H and O–H groups in total. The van der Waals surface area contributed by atoms with E-state index >= 15 is 0 Å². The van der Waals surface area contributed by atoms with E-state index in [-0.39, 0.29) is 11.4 Å². The molecule has 0 saturated heterocycles. The van der Waals surface area contributed by atoms with Crippen LogP contribution in [0.3, 0.4) is 0 Å². The van der Waals surface area contributed by atoms with Crippen LogP contribution in [0.1, 0.15) is 16.1 Å². The smallest absolute Gasteiger partial charge is 0.289 e. The van der Waals surface area contributed by atoms with Gasteiger partial charge in [0.05, 0.1) is 11.9 Å². The van der Waals surface area contributed by atoms with E-state index in [0.717, 1.165) is 0 Å². The summed E-state index contributed by atoms with van der Waals surface area (Å²) in [6, 6.07) is 13.2. The second-order valence-corrected chi connectivity index (χ2v) is 5.96. The van der Waals surface area contributed by atoms with Crippen molar-refractivity contribution >= 4 is 35.3 Å². The number of rotatable bonds is 4. The van der Waals surface area contributed by atoms with Gasteiger partial charge < -0.3 is 5.11 Å². The third-order valence-electron chi connectivity index (χ3n) is 3.29. The number of amides is 1. The Bertz CT molecular complexity index is 933. The first-order valence-electron chi connectivity index (χ1n) is 7.16. The molecule has 1 aromatic heterocycles. The van der Waals surface area contributed by atoms with E-state index in [0.29, 0.717) is 26.9 Å². The summed E-state index contributed by atoms with van der Waals surface area (Å²) < 4.78 is 0. The number of carbonyl (C=O) groups is 1. The van der Waals surface area contributed by atoms with Crippen molar-refractivity contribution in [3.63, 3.8) is 0 Å². The summed E-state index contributed by atoms with van der Waals surface area (Å²) in [5.74, 6) is -0.402. The van der Waals surface area contributed by atoms with Crippen LogP contribution < -0.4 is 5.43 Å². The number of para-hydroxylation sites is 1. The Morgan fingerprint density at radius 3 is 2.60 bits per heavy atom. The highest BCUT2D eigenvalue weighted by molar-refractivity contribution is 6.35. The van der Waals surface area contributed by atoms with Crippen LogP contribution in [0.2, 0.25) is 10.0 Å². The SMILES string of the molecule is O=C(N/N=C/c1ccccc1O)c1cc(-c2cc(Cl)cc(Cl)c2)n[nH]1. The quantitative estimate of drug-likeness (QED) is 0.478. The van der Waals surface area contributed by atoms with E-state index in [1.807, 2.05) is 0 Å². The van der Waals surface area contributed by atoms with Gasteiger partial charge in [-0.1, -0.05) is 35.3 Å². The molecule has 0 fully saturated rings. The molecule has 126 valence electrons. The van der Waals surface area contributed by atoms with Crippen LogP contribution in [0.15, 0.2) is 53.6 Å². The summed E-state index contributed by atoms with van der Waals surface area (Å²) in [5.41, 5.74) is 4.28. The van der Waals surface area contributed by atoms with Gasteiger partial charge in [0.2, 0.25) is 0 Å². The number of aromatic nitrogens is 2. The third-order valence-corrected chi connectivity index (χ3v) is 3.72. The molecule has 0 atom stereocenters. The molecule has 0 radical (unpaired) electrons. The van der Waals surface area contributed by atoms with E-state index in [9.17, 15) is 9.90 Å². The monoisotopic (exact) mass is 374 g/mol. The molecular formula is C17H12Cl2N4O2. The van der Waals surface area contributed by atoms with Crippen LogP contribution in [0.4, 0.5) is 0 Å². The Morgan fingerprint density at radius 1 is 1.16 bits per heavy atom. The van der Waals surface area contributed by atoms with E-state index in [4.69, 9.17) is 23.2 Å². The minimum Gasteiger partial charge on any atom is -0.507 e. The van der Waals surface area contributed by atoms with E-state index in [1.54, 1.807) is 42.5 Å². The second-order valence-electron chi connectivity index (χ2n) is 5.08. The van der Waals surface area contributed by atoms with Gasteiger partial charge in [0.25, 0.3) is 5.91 Å². The number of phenols is 1. The maximum atomic E-state index is 12.1. The predicted octanol–water partition coefficient (Wildman–Crippen LogP) is 3.85. The molecule has 0 aliphatic heterocycles. The van der Waals surface area contributed by atoms with Crippen LogP contribution in [-0.2, 0) is 0 Å². The van der Waals surface area contributed by atoms with Gasteiger partial charge in [-0.2, -0.15) is 10.2 Å². The lowest BCUT2D eigenvalue weighted by molar-refractivity contribution is 0.0950. The topological polar surface area (TPSA) is 90.4 Å². The Morgan fingerprint density at radius 2 is 1.88 bits per heavy atom. The summed E-state index contributed by atoms with van der Waals surface area (Å²) in [4.78, 5) is 12.1. The average Bonchev–Trinajstić information content (AvgIpc) is 3.06. The molecule has 25 heavy (non-hydrogen) atoms. The molecule has 0 unspecified atom stereocenters. The lowest BCUT2D eigenvalue weighted by Crippen LogP contribution is -2.18. The lowest BCUT2D eigenvalue weighted by Gasteiger charge is -1.99. The fourth-order valence-electron chi connectivity index (χ4n) is 2.11. The second kappa shape index (κ2) is 7.38. The number of nitrogens with zero attached hydrogens (tertiary/aromatic N) is 2. The van der Waals surface area contributed by atoms with Crippen LogP contribution in [0.25, 0.3) is 11.3 Å². The molecule has 0 saturated carbocycles. The average molecular weight is 375 g/mol. The number of hydrogen-bond donors (Lipinski definition) is 3. The van der Waals surface area contributed by atoms with Crippen molar-refractivity contribution in [2.24, 2.45) is 5.10 Å². The zero-order chi connectivity index (χ0) is 17.8. The summed E-state index contributed by atoms with van der Waals surface area (Å²) in [6.07, 6.45) is 1.35. The number of hydrogen-bond acceptors (Lipinski definition) is 4. The van der Waals surface area contributed by atoms with Gasteiger partial charge >= 0.3 is 0 Å². The highest BCUT2D eigenvalue weighted by atomic mass is 35.5. The number of aromatic amines is 1. The van der Waals surface area contributed by atoms with Crippen molar-refractivity contribution in [2.45, 2.75) is 0 Å². The fraction of sp³-hybridized carbons (Fsp3) is 0. The Kier molecular flexibility index (Phi) is 5.02. The van der Waals surface area contributed by atoms with Gasteiger partial charge in [0.15, 0.2) is 0 Å². The number of halogens is 2. The maximum Gasteiger partial charge on any atom is 0.289 e. The Labute approximate surface area is 153 Å². The zero-order valence-electron chi connectivity index (χ0n) is 12.7. The zero-order valence-corrected chi connectivity index (χ0v) is 14.2. The molecular weight excluding hydrogens is 363 g/mol. The standard InChI is InChI=1S/C17H12Cl2N4O2/c18-12-5-11(6-13(19)7-12)14-8-15(22-21-14)17(25)23-20-9-10-3-1-2-4-16(10)24/h1-9,24H,(H,21,22)(H,23,25)/b20-9+. The van der Waals surface area contributed by atoms with Gasteiger partial charge in [-0.05, 0) is 36.4 Å². The number of aromatic hydroxyl groups is 1. The number of nitrogens with one attached hydrogen (secondary N) is 2. The molecule has 3 rings (SSSR count). The third kappa shape index (κ3) is 4.17. The Balaban J connectivity index is 1.71. The van der Waals surface area contributed by atoms with Gasteiger partial charge in [-0.3, -0.25) is 9.89 Å². The van der Waals surface area contributed by atoms with Crippen molar-refractivity contribution in [3.05, 3.63) is 69.8 Å². The lowest BCUT2D eigenvalue weighted by atomic mass is 10.1. The highest BCUT2D eigenvalue weighted by Gasteiger charge is 2.11. The van der Waals surface area contributed by atoms with Crippen molar-refractivity contribution in [2.75, 3.05) is 0 Å². The molecule has 0 aliphatic rings. The van der Waals surface area contributed by atoms with Crippen molar-refractivity contribution < 1.29 is 9.90 Å². The van der Waals surface area contributed by atoms with Crippen molar-refractivity contribution in [1.29, 1.82) is 0 Å². The maximum absolute atomic E-state index is 12.1. The first kappa shape index (κ1) is 17.0. The van der Waals surface area contributed by atoms with Crippen molar-refractivity contribution in [1.82, 2.24) is 15.6 Å². The Hall–Kier alpha value is -2.83. The molecule has 6 nitrogen and oxygen atoms in total. The highest BCUT2D eigenvalue weighted by Crippen LogP contribution is 2.26. The number of H-pyrrole nitrogens is 1. The summed E-state index contributed by atoms with van der Waals surface area (Å²) in [7, 11) is 0. The molecule has 0 aliphatic carbocycles. The molecule has 0 bridgehead atoms. The van der Waals surface area contributed by atoms with Gasteiger partial charge in [0.1, 0.15) is 11.4 Å². The number of hydrazone groups is 1. The molecule has 1 amide bonds. The minimum atomic E-state index is -0.474. The van der Waals surface area contributed by atoms with Gasteiger partial charge in [-0.15, -0.1) is 0 Å². The van der Waals surface area contributed by atoms with Gasteiger partial charge in [0, 0.05) is 21.2 Å². The molecule has 3 aromatic rings. The summed E-state index contributed by atoms with van der Waals surface area (Å²) in [6.45, 7) is 0. The minimum absolute atomic E-state index is 0.0714. The van der Waals surface area contributed by atoms with E-state index in [1.165, 1.54) is 12.3 Å². The van der Waals surface area contributed by atoms with Crippen LogP contribution >= 0.6 is 23.2 Å². The first-order valence-corrected chi connectivity index (χ1v) is 7.92. The molecule has 0 spiro atoms. The number of benzene rings is 2. The number of phenolic OH excluding ortho intramolecular Hbond substituents is 1.